The Bertz CT molecular complexity index is 394. The van der Waals surface area contributed by atoms with E-state index >= 15 is 0 Å². The summed E-state index contributed by atoms with van der Waals surface area (Å²) in [6.07, 6.45) is 1.61. The van der Waals surface area contributed by atoms with Gasteiger partial charge in [0, 0.05) is 25.9 Å². The third-order valence-corrected chi connectivity index (χ3v) is 3.53. The minimum absolute atomic E-state index is 0.156. The first-order chi connectivity index (χ1) is 8.29. The SMILES string of the molecule is Fc1ccccc1N1CCC2(CC1)OCCO2. The molecule has 0 N–H and O–H groups in total. The summed E-state index contributed by atoms with van der Waals surface area (Å²) in [5.41, 5.74) is 0.681. The van der Waals surface area contributed by atoms with Crippen LogP contribution >= 0.6 is 0 Å². The van der Waals surface area contributed by atoms with Gasteiger partial charge in [0.05, 0.1) is 18.9 Å². The lowest BCUT2D eigenvalue weighted by Gasteiger charge is -2.38. The molecule has 0 saturated carbocycles. The number of para-hydroxylation sites is 1. The molecule has 17 heavy (non-hydrogen) atoms. The number of piperidine rings is 1. The van der Waals surface area contributed by atoms with Gasteiger partial charge in [-0.25, -0.2) is 4.39 Å². The van der Waals surface area contributed by atoms with Crippen LogP contribution < -0.4 is 4.90 Å². The van der Waals surface area contributed by atoms with Crippen molar-refractivity contribution in [3.63, 3.8) is 0 Å². The van der Waals surface area contributed by atoms with Gasteiger partial charge in [-0.2, -0.15) is 0 Å². The maximum Gasteiger partial charge on any atom is 0.171 e. The predicted molar refractivity (Wildman–Crippen MR) is 62.5 cm³/mol. The van der Waals surface area contributed by atoms with E-state index in [9.17, 15) is 4.39 Å². The summed E-state index contributed by atoms with van der Waals surface area (Å²) in [5, 5.41) is 0. The summed E-state index contributed by atoms with van der Waals surface area (Å²) in [7, 11) is 0. The van der Waals surface area contributed by atoms with Crippen LogP contribution in [-0.2, 0) is 9.47 Å². The maximum absolute atomic E-state index is 13.6. The van der Waals surface area contributed by atoms with Crippen LogP contribution in [0.15, 0.2) is 24.3 Å². The second-order valence-corrected chi connectivity index (χ2v) is 4.55. The Morgan fingerprint density at radius 3 is 2.35 bits per heavy atom. The third-order valence-electron chi connectivity index (χ3n) is 3.53. The molecule has 0 bridgehead atoms. The van der Waals surface area contributed by atoms with Gasteiger partial charge in [0.25, 0.3) is 0 Å². The molecule has 2 saturated heterocycles. The van der Waals surface area contributed by atoms with Gasteiger partial charge in [0.1, 0.15) is 5.82 Å². The highest BCUT2D eigenvalue weighted by Gasteiger charge is 2.40. The number of benzene rings is 1. The van der Waals surface area contributed by atoms with E-state index in [0.717, 1.165) is 25.9 Å². The van der Waals surface area contributed by atoms with Gasteiger partial charge in [-0.15, -0.1) is 0 Å². The van der Waals surface area contributed by atoms with E-state index in [2.05, 4.69) is 4.90 Å². The van der Waals surface area contributed by atoms with Crippen molar-refractivity contribution in [2.24, 2.45) is 0 Å². The average Bonchev–Trinajstić information content (AvgIpc) is 2.80. The second kappa shape index (κ2) is 4.27. The molecule has 0 atom stereocenters. The van der Waals surface area contributed by atoms with Crippen LogP contribution in [0.4, 0.5) is 10.1 Å². The number of anilines is 1. The minimum Gasteiger partial charge on any atom is -0.369 e. The number of nitrogens with zero attached hydrogens (tertiary/aromatic N) is 1. The number of hydrogen-bond acceptors (Lipinski definition) is 3. The van der Waals surface area contributed by atoms with Gasteiger partial charge in [-0.1, -0.05) is 12.1 Å². The predicted octanol–water partition coefficient (Wildman–Crippen LogP) is 2.17. The van der Waals surface area contributed by atoms with Crippen molar-refractivity contribution < 1.29 is 13.9 Å². The van der Waals surface area contributed by atoms with E-state index in [1.54, 1.807) is 6.07 Å². The molecule has 2 heterocycles. The summed E-state index contributed by atoms with van der Waals surface area (Å²) >= 11 is 0. The average molecular weight is 237 g/mol. The fourth-order valence-corrected chi connectivity index (χ4v) is 2.58. The van der Waals surface area contributed by atoms with E-state index in [4.69, 9.17) is 9.47 Å². The van der Waals surface area contributed by atoms with Crippen LogP contribution in [0.2, 0.25) is 0 Å². The molecular weight excluding hydrogens is 221 g/mol. The third kappa shape index (κ3) is 2.03. The van der Waals surface area contributed by atoms with E-state index in [-0.39, 0.29) is 11.6 Å². The quantitative estimate of drug-likeness (QED) is 0.747. The fraction of sp³-hybridized carbons (Fsp3) is 0.538. The highest BCUT2D eigenvalue weighted by Crippen LogP contribution is 2.33. The summed E-state index contributed by atoms with van der Waals surface area (Å²) < 4.78 is 24.9. The zero-order valence-electron chi connectivity index (χ0n) is 9.69. The number of rotatable bonds is 1. The molecule has 92 valence electrons. The molecule has 1 aromatic rings. The second-order valence-electron chi connectivity index (χ2n) is 4.55. The van der Waals surface area contributed by atoms with Crippen molar-refractivity contribution in [3.8, 4) is 0 Å². The number of ether oxygens (including phenoxy) is 2. The van der Waals surface area contributed by atoms with Gasteiger partial charge < -0.3 is 14.4 Å². The van der Waals surface area contributed by atoms with Crippen molar-refractivity contribution >= 4 is 5.69 Å². The van der Waals surface area contributed by atoms with E-state index < -0.39 is 0 Å². The Morgan fingerprint density at radius 1 is 1.06 bits per heavy atom. The van der Waals surface area contributed by atoms with Gasteiger partial charge in [0.15, 0.2) is 5.79 Å². The van der Waals surface area contributed by atoms with Crippen molar-refractivity contribution in [2.75, 3.05) is 31.2 Å². The van der Waals surface area contributed by atoms with Crippen molar-refractivity contribution in [1.29, 1.82) is 0 Å². The molecule has 3 nitrogen and oxygen atoms in total. The molecule has 0 aromatic heterocycles. The van der Waals surface area contributed by atoms with Crippen LogP contribution in [0.25, 0.3) is 0 Å². The first-order valence-corrected chi connectivity index (χ1v) is 6.07. The molecule has 0 radical (unpaired) electrons. The summed E-state index contributed by atoms with van der Waals surface area (Å²) in [6.45, 7) is 2.92. The van der Waals surface area contributed by atoms with Gasteiger partial charge in [0.2, 0.25) is 0 Å². The Hall–Kier alpha value is -1.13. The van der Waals surface area contributed by atoms with Gasteiger partial charge in [-0.3, -0.25) is 0 Å². The molecule has 2 aliphatic heterocycles. The molecule has 4 heteroatoms. The summed E-state index contributed by atoms with van der Waals surface area (Å²) in [5.74, 6) is -0.543. The topological polar surface area (TPSA) is 21.7 Å². The smallest absolute Gasteiger partial charge is 0.171 e. The molecule has 0 unspecified atom stereocenters. The van der Waals surface area contributed by atoms with E-state index in [1.165, 1.54) is 6.07 Å². The lowest BCUT2D eigenvalue weighted by molar-refractivity contribution is -0.169. The van der Waals surface area contributed by atoms with Crippen LogP contribution in [0.3, 0.4) is 0 Å². The highest BCUT2D eigenvalue weighted by atomic mass is 19.1. The molecule has 1 spiro atoms. The molecule has 0 amide bonds. The zero-order chi connectivity index (χ0) is 11.7. The molecule has 3 rings (SSSR count). The standard InChI is InChI=1S/C13H16FNO2/c14-11-3-1-2-4-12(11)15-7-5-13(6-8-15)16-9-10-17-13/h1-4H,5-10H2. The van der Waals surface area contributed by atoms with E-state index in [0.29, 0.717) is 18.9 Å². The Morgan fingerprint density at radius 2 is 1.71 bits per heavy atom. The molecule has 0 aliphatic carbocycles. The van der Waals surface area contributed by atoms with Crippen molar-refractivity contribution in [1.82, 2.24) is 0 Å². The van der Waals surface area contributed by atoms with Crippen LogP contribution in [0.1, 0.15) is 12.8 Å². The molecule has 1 aromatic carbocycles. The van der Waals surface area contributed by atoms with Gasteiger partial charge >= 0.3 is 0 Å². The Balaban J connectivity index is 1.71. The lowest BCUT2D eigenvalue weighted by atomic mass is 10.0. The monoisotopic (exact) mass is 237 g/mol. The number of halogens is 1. The first kappa shape index (κ1) is 11.0. The molecular formula is C13H16FNO2. The summed E-state index contributed by atoms with van der Waals surface area (Å²) in [4.78, 5) is 2.06. The highest BCUT2D eigenvalue weighted by molar-refractivity contribution is 5.48. The largest absolute Gasteiger partial charge is 0.369 e. The van der Waals surface area contributed by atoms with Crippen molar-refractivity contribution in [2.45, 2.75) is 18.6 Å². The first-order valence-electron chi connectivity index (χ1n) is 6.07. The van der Waals surface area contributed by atoms with Crippen LogP contribution in [-0.4, -0.2) is 32.1 Å². The number of hydrogen-bond donors (Lipinski definition) is 0. The zero-order valence-corrected chi connectivity index (χ0v) is 9.69. The minimum atomic E-state index is -0.387. The van der Waals surface area contributed by atoms with Crippen LogP contribution in [0.5, 0.6) is 0 Å². The maximum atomic E-state index is 13.6. The lowest BCUT2D eigenvalue weighted by Crippen LogP contribution is -2.45. The molecule has 2 fully saturated rings. The van der Waals surface area contributed by atoms with Gasteiger partial charge in [-0.05, 0) is 12.1 Å². The Kier molecular flexibility index (Phi) is 2.76. The normalized spacial score (nSPS) is 23.2. The van der Waals surface area contributed by atoms with Crippen LogP contribution in [0, 0.1) is 5.82 Å². The molecule has 2 aliphatic rings. The van der Waals surface area contributed by atoms with E-state index in [1.807, 2.05) is 12.1 Å². The fourth-order valence-electron chi connectivity index (χ4n) is 2.58. The Labute approximate surface area is 100 Å². The van der Waals surface area contributed by atoms with Crippen molar-refractivity contribution in [3.05, 3.63) is 30.1 Å². The summed E-state index contributed by atoms with van der Waals surface area (Å²) in [6, 6.07) is 6.91.